The third kappa shape index (κ3) is 3.20. The van der Waals surface area contributed by atoms with Crippen molar-refractivity contribution in [2.24, 2.45) is 5.73 Å². The second-order valence-corrected chi connectivity index (χ2v) is 4.58. The van der Waals surface area contributed by atoms with E-state index in [0.717, 1.165) is 11.4 Å². The monoisotopic (exact) mass is 259 g/mol. The quantitative estimate of drug-likeness (QED) is 0.753. The van der Waals surface area contributed by atoms with Crippen molar-refractivity contribution in [3.8, 4) is 0 Å². The number of carboxylic acid groups (broad SMARTS) is 1. The van der Waals surface area contributed by atoms with Crippen molar-refractivity contribution in [2.45, 2.75) is 25.8 Å². The number of hydrogen-bond donors (Lipinski definition) is 3. The Hall–Kier alpha value is -2.14. The van der Waals surface area contributed by atoms with E-state index in [-0.39, 0.29) is 6.42 Å². The van der Waals surface area contributed by atoms with Crippen LogP contribution in [0.15, 0.2) is 30.6 Å². The average Bonchev–Trinajstić information content (AvgIpc) is 2.79. The van der Waals surface area contributed by atoms with Crippen molar-refractivity contribution in [2.75, 3.05) is 0 Å². The van der Waals surface area contributed by atoms with Crippen LogP contribution in [0.2, 0.25) is 0 Å². The third-order valence-electron chi connectivity index (χ3n) is 3.17. The van der Waals surface area contributed by atoms with Gasteiger partial charge in [0.05, 0.1) is 12.0 Å². The minimum Gasteiger partial charge on any atom is -0.480 e. The van der Waals surface area contributed by atoms with Crippen LogP contribution in [0.5, 0.6) is 0 Å². The van der Waals surface area contributed by atoms with Crippen LogP contribution in [0.3, 0.4) is 0 Å². The number of hydrogen-bond acceptors (Lipinski definition) is 3. The van der Waals surface area contributed by atoms with Gasteiger partial charge < -0.3 is 15.8 Å². The molecule has 0 fully saturated rings. The summed E-state index contributed by atoms with van der Waals surface area (Å²) in [6.07, 6.45) is 2.52. The molecule has 4 N–H and O–H groups in total. The highest BCUT2D eigenvalue weighted by molar-refractivity contribution is 5.73. The lowest BCUT2D eigenvalue weighted by molar-refractivity contribution is -0.138. The molecule has 2 rings (SSSR count). The molecule has 0 unspecified atom stereocenters. The highest BCUT2D eigenvalue weighted by Gasteiger charge is 2.16. The first-order valence-electron chi connectivity index (χ1n) is 6.12. The molecule has 5 heteroatoms. The largest absolute Gasteiger partial charge is 0.480 e. The molecule has 0 aliphatic carbocycles. The van der Waals surface area contributed by atoms with Gasteiger partial charge in [-0.05, 0) is 18.1 Å². The lowest BCUT2D eigenvalue weighted by Gasteiger charge is -2.08. The van der Waals surface area contributed by atoms with Gasteiger partial charge >= 0.3 is 5.97 Å². The van der Waals surface area contributed by atoms with E-state index in [2.05, 4.69) is 16.0 Å². The highest BCUT2D eigenvalue weighted by Crippen LogP contribution is 2.15. The van der Waals surface area contributed by atoms with Crippen LogP contribution in [0.4, 0.5) is 0 Å². The predicted octanol–water partition coefficient (Wildman–Crippen LogP) is 1.26. The van der Waals surface area contributed by atoms with Gasteiger partial charge in [-0.2, -0.15) is 0 Å². The van der Waals surface area contributed by atoms with Crippen molar-refractivity contribution in [3.05, 3.63) is 53.1 Å². The molecule has 0 saturated heterocycles. The topological polar surface area (TPSA) is 92.0 Å². The Morgan fingerprint density at radius 1 is 1.47 bits per heavy atom. The molecule has 0 aliphatic rings. The van der Waals surface area contributed by atoms with Gasteiger partial charge in [-0.1, -0.05) is 24.3 Å². The number of nitrogens with zero attached hydrogens (tertiary/aromatic N) is 1. The fraction of sp³-hybridized carbons (Fsp3) is 0.286. The summed E-state index contributed by atoms with van der Waals surface area (Å²) in [5.41, 5.74) is 9.58. The van der Waals surface area contributed by atoms with Gasteiger partial charge in [-0.15, -0.1) is 0 Å². The van der Waals surface area contributed by atoms with E-state index in [9.17, 15) is 4.79 Å². The van der Waals surface area contributed by atoms with Gasteiger partial charge in [-0.25, -0.2) is 4.98 Å². The fourth-order valence-electron chi connectivity index (χ4n) is 1.97. The summed E-state index contributed by atoms with van der Waals surface area (Å²) in [6.45, 7) is 2.05. The van der Waals surface area contributed by atoms with Crippen molar-refractivity contribution < 1.29 is 9.90 Å². The molecule has 1 heterocycles. The molecule has 2 aromatic rings. The molecule has 1 aromatic carbocycles. The summed E-state index contributed by atoms with van der Waals surface area (Å²) in [5, 5.41) is 8.84. The highest BCUT2D eigenvalue weighted by atomic mass is 16.4. The number of rotatable bonds is 5. The Kier molecular flexibility index (Phi) is 3.97. The minimum atomic E-state index is -1.01. The molecule has 5 nitrogen and oxygen atoms in total. The second kappa shape index (κ2) is 5.67. The van der Waals surface area contributed by atoms with Gasteiger partial charge in [0, 0.05) is 18.5 Å². The molecular formula is C14H17N3O2. The molecule has 0 spiro atoms. The molecular weight excluding hydrogens is 242 g/mol. The lowest BCUT2D eigenvalue weighted by Crippen LogP contribution is -2.32. The van der Waals surface area contributed by atoms with E-state index in [1.165, 1.54) is 11.1 Å². The maximum Gasteiger partial charge on any atom is 0.320 e. The van der Waals surface area contributed by atoms with E-state index >= 15 is 0 Å². The number of H-pyrrole nitrogens is 1. The van der Waals surface area contributed by atoms with Crippen LogP contribution in [0.25, 0.3) is 0 Å². The Balaban J connectivity index is 2.16. The number of aromatic nitrogens is 2. The first-order valence-corrected chi connectivity index (χ1v) is 6.12. The number of aromatic amines is 1. The second-order valence-electron chi connectivity index (χ2n) is 4.58. The van der Waals surface area contributed by atoms with Crippen LogP contribution in [-0.2, 0) is 17.6 Å². The molecule has 0 radical (unpaired) electrons. The van der Waals surface area contributed by atoms with Crippen LogP contribution >= 0.6 is 0 Å². The van der Waals surface area contributed by atoms with E-state index in [0.29, 0.717) is 6.42 Å². The van der Waals surface area contributed by atoms with Crippen molar-refractivity contribution in [3.63, 3.8) is 0 Å². The molecule has 0 bridgehead atoms. The first kappa shape index (κ1) is 13.3. The van der Waals surface area contributed by atoms with Gasteiger partial charge in [0.2, 0.25) is 0 Å². The molecule has 0 aliphatic heterocycles. The average molecular weight is 259 g/mol. The molecule has 0 saturated carbocycles. The maximum atomic E-state index is 10.8. The Morgan fingerprint density at radius 3 is 2.89 bits per heavy atom. The summed E-state index contributed by atoms with van der Waals surface area (Å²) in [4.78, 5) is 18.0. The van der Waals surface area contributed by atoms with E-state index in [4.69, 9.17) is 10.8 Å². The molecule has 19 heavy (non-hydrogen) atoms. The van der Waals surface area contributed by atoms with E-state index in [1.807, 2.05) is 25.1 Å². The number of aryl methyl sites for hydroxylation is 1. The number of carbonyl (C=O) groups is 1. The smallest absolute Gasteiger partial charge is 0.320 e. The number of benzene rings is 1. The van der Waals surface area contributed by atoms with Crippen LogP contribution in [-0.4, -0.2) is 27.1 Å². The summed E-state index contributed by atoms with van der Waals surface area (Å²) < 4.78 is 0. The summed E-state index contributed by atoms with van der Waals surface area (Å²) in [5.74, 6) is -1.01. The third-order valence-corrected chi connectivity index (χ3v) is 3.17. The van der Waals surface area contributed by atoms with Crippen LogP contribution in [0, 0.1) is 6.92 Å². The van der Waals surface area contributed by atoms with Crippen molar-refractivity contribution in [1.29, 1.82) is 0 Å². The van der Waals surface area contributed by atoms with Gasteiger partial charge in [0.15, 0.2) is 0 Å². The summed E-state index contributed by atoms with van der Waals surface area (Å²) in [7, 11) is 0. The van der Waals surface area contributed by atoms with E-state index < -0.39 is 12.0 Å². The zero-order chi connectivity index (χ0) is 13.8. The first-order chi connectivity index (χ1) is 9.08. The molecule has 1 atom stereocenters. The number of nitrogens with two attached hydrogens (primary N) is 1. The SMILES string of the molecule is Cc1ccccc1Cc1[nH]cnc1C[C@H](N)C(=O)O. The maximum absolute atomic E-state index is 10.8. The van der Waals surface area contributed by atoms with Gasteiger partial charge in [0.25, 0.3) is 0 Å². The summed E-state index contributed by atoms with van der Waals surface area (Å²) in [6, 6.07) is 7.17. The number of nitrogens with one attached hydrogen (secondary N) is 1. The lowest BCUT2D eigenvalue weighted by atomic mass is 10.0. The van der Waals surface area contributed by atoms with Crippen molar-refractivity contribution in [1.82, 2.24) is 9.97 Å². The van der Waals surface area contributed by atoms with Crippen molar-refractivity contribution >= 4 is 5.97 Å². The zero-order valence-electron chi connectivity index (χ0n) is 10.8. The number of aliphatic carboxylic acids is 1. The molecule has 0 amide bonds. The van der Waals surface area contributed by atoms with Crippen LogP contribution in [0.1, 0.15) is 22.5 Å². The zero-order valence-corrected chi connectivity index (χ0v) is 10.8. The Morgan fingerprint density at radius 2 is 2.21 bits per heavy atom. The Labute approximate surface area is 111 Å². The minimum absolute atomic E-state index is 0.236. The van der Waals surface area contributed by atoms with Crippen LogP contribution < -0.4 is 5.73 Å². The molecule has 1 aromatic heterocycles. The number of imidazole rings is 1. The number of carboxylic acids is 1. The Bertz CT molecular complexity index is 578. The van der Waals surface area contributed by atoms with E-state index in [1.54, 1.807) is 6.33 Å². The normalized spacial score (nSPS) is 12.3. The summed E-state index contributed by atoms with van der Waals surface area (Å²) >= 11 is 0. The fourth-order valence-corrected chi connectivity index (χ4v) is 1.97. The van der Waals surface area contributed by atoms with Gasteiger partial charge in [-0.3, -0.25) is 4.79 Å². The predicted molar refractivity (Wildman–Crippen MR) is 71.9 cm³/mol. The van der Waals surface area contributed by atoms with Gasteiger partial charge in [0.1, 0.15) is 6.04 Å². The standard InChI is InChI=1S/C14H17N3O2/c1-9-4-2-3-5-10(9)6-12-13(17-8-16-12)7-11(15)14(18)19/h2-5,8,11H,6-7,15H2,1H3,(H,16,17)(H,18,19)/t11-/m0/s1. The molecule has 100 valence electrons.